The van der Waals surface area contributed by atoms with Gasteiger partial charge in [0.15, 0.2) is 0 Å². The summed E-state index contributed by atoms with van der Waals surface area (Å²) in [6, 6.07) is 0.506. The average molecular weight is 165 g/mol. The lowest BCUT2D eigenvalue weighted by molar-refractivity contribution is 0.604. The molecular weight excluding hydrogens is 150 g/mol. The van der Waals surface area contributed by atoms with Crippen molar-refractivity contribution >= 4 is 0 Å². The molecule has 1 aromatic heterocycles. The van der Waals surface area contributed by atoms with Gasteiger partial charge in [0.2, 0.25) is 0 Å². The molecule has 1 unspecified atom stereocenters. The van der Waals surface area contributed by atoms with E-state index in [0.717, 1.165) is 6.54 Å². The van der Waals surface area contributed by atoms with E-state index >= 15 is 0 Å². The average Bonchev–Trinajstić information content (AvgIpc) is 2.58. The lowest BCUT2D eigenvalue weighted by Crippen LogP contribution is -2.14. The van der Waals surface area contributed by atoms with Gasteiger partial charge in [-0.2, -0.15) is 5.10 Å². The second kappa shape index (κ2) is 2.90. The lowest BCUT2D eigenvalue weighted by atomic mass is 10.1. The summed E-state index contributed by atoms with van der Waals surface area (Å²) in [6.07, 6.45) is 4.59. The molecule has 3 nitrogen and oxygen atoms in total. The highest BCUT2D eigenvalue weighted by Gasteiger charge is 2.20. The van der Waals surface area contributed by atoms with E-state index in [-0.39, 0.29) is 0 Å². The maximum atomic E-state index is 4.45. The predicted octanol–water partition coefficient (Wildman–Crippen LogP) is 1.15. The van der Waals surface area contributed by atoms with Gasteiger partial charge in [-0.15, -0.1) is 0 Å². The third-order valence-electron chi connectivity index (χ3n) is 2.44. The highest BCUT2D eigenvalue weighted by molar-refractivity contribution is 5.19. The summed E-state index contributed by atoms with van der Waals surface area (Å²) in [5, 5.41) is 7.90. The fourth-order valence-electron chi connectivity index (χ4n) is 1.89. The van der Waals surface area contributed by atoms with Crippen molar-refractivity contribution in [2.45, 2.75) is 25.8 Å². The summed E-state index contributed by atoms with van der Waals surface area (Å²) >= 11 is 0. The topological polar surface area (TPSA) is 29.9 Å². The standard InChI is InChI=1S/C9H15N3/c1-7-6-12(2)11-9(7)8-4-3-5-10-8/h6,8,10H,3-5H2,1-2H3. The molecule has 1 aliphatic heterocycles. The minimum atomic E-state index is 0.506. The molecule has 2 heterocycles. The van der Waals surface area contributed by atoms with Crippen molar-refractivity contribution in [1.29, 1.82) is 0 Å². The third-order valence-corrected chi connectivity index (χ3v) is 2.44. The Morgan fingerprint density at radius 3 is 3.00 bits per heavy atom. The van der Waals surface area contributed by atoms with Crippen molar-refractivity contribution in [3.05, 3.63) is 17.5 Å². The van der Waals surface area contributed by atoms with Gasteiger partial charge in [-0.3, -0.25) is 4.68 Å². The molecule has 2 rings (SSSR count). The molecule has 0 aromatic carbocycles. The maximum Gasteiger partial charge on any atom is 0.0822 e. The number of nitrogens with zero attached hydrogens (tertiary/aromatic N) is 2. The summed E-state index contributed by atoms with van der Waals surface area (Å²) in [6.45, 7) is 3.27. The van der Waals surface area contributed by atoms with E-state index in [4.69, 9.17) is 0 Å². The molecule has 0 aliphatic carbocycles. The SMILES string of the molecule is Cc1cn(C)nc1C1CCCN1. The highest BCUT2D eigenvalue weighted by atomic mass is 15.3. The summed E-state index contributed by atoms with van der Waals surface area (Å²) in [5.41, 5.74) is 2.53. The number of hydrogen-bond acceptors (Lipinski definition) is 2. The van der Waals surface area contributed by atoms with Gasteiger partial charge < -0.3 is 5.32 Å². The Balaban J connectivity index is 2.25. The van der Waals surface area contributed by atoms with Gasteiger partial charge in [0.1, 0.15) is 0 Å². The Kier molecular flexibility index (Phi) is 1.89. The molecule has 0 radical (unpaired) electrons. The maximum absolute atomic E-state index is 4.45. The first kappa shape index (κ1) is 7.80. The van der Waals surface area contributed by atoms with Crippen molar-refractivity contribution in [2.24, 2.45) is 7.05 Å². The highest BCUT2D eigenvalue weighted by Crippen LogP contribution is 2.23. The first-order chi connectivity index (χ1) is 5.77. The molecule has 1 saturated heterocycles. The van der Waals surface area contributed by atoms with Crippen molar-refractivity contribution in [3.8, 4) is 0 Å². The zero-order valence-electron chi connectivity index (χ0n) is 7.67. The van der Waals surface area contributed by atoms with Crippen LogP contribution in [0.25, 0.3) is 0 Å². The van der Waals surface area contributed by atoms with Crippen molar-refractivity contribution in [1.82, 2.24) is 15.1 Å². The second-order valence-electron chi connectivity index (χ2n) is 3.52. The van der Waals surface area contributed by atoms with Crippen LogP contribution < -0.4 is 5.32 Å². The molecule has 0 spiro atoms. The molecule has 1 aromatic rings. The van der Waals surface area contributed by atoms with Crippen LogP contribution in [0.15, 0.2) is 6.20 Å². The molecule has 12 heavy (non-hydrogen) atoms. The van der Waals surface area contributed by atoms with E-state index in [0.29, 0.717) is 6.04 Å². The van der Waals surface area contributed by atoms with E-state index < -0.39 is 0 Å². The van der Waals surface area contributed by atoms with Gasteiger partial charge in [0.05, 0.1) is 11.7 Å². The minimum absolute atomic E-state index is 0.506. The van der Waals surface area contributed by atoms with Crippen LogP contribution in [0.5, 0.6) is 0 Å². The molecule has 1 atom stereocenters. The van der Waals surface area contributed by atoms with Crippen LogP contribution in [-0.4, -0.2) is 16.3 Å². The number of nitrogens with one attached hydrogen (secondary N) is 1. The molecule has 0 amide bonds. The Hall–Kier alpha value is -0.830. The number of aryl methyl sites for hydroxylation is 2. The van der Waals surface area contributed by atoms with Crippen LogP contribution in [0.1, 0.15) is 30.1 Å². The van der Waals surface area contributed by atoms with Crippen LogP contribution in [0.3, 0.4) is 0 Å². The van der Waals surface area contributed by atoms with Crippen molar-refractivity contribution in [3.63, 3.8) is 0 Å². The van der Waals surface area contributed by atoms with E-state index in [2.05, 4.69) is 23.5 Å². The van der Waals surface area contributed by atoms with Gasteiger partial charge in [-0.25, -0.2) is 0 Å². The molecular formula is C9H15N3. The fourth-order valence-corrected chi connectivity index (χ4v) is 1.89. The number of rotatable bonds is 1. The first-order valence-corrected chi connectivity index (χ1v) is 4.51. The quantitative estimate of drug-likeness (QED) is 0.676. The Bertz CT molecular complexity index is 271. The molecule has 66 valence electrons. The predicted molar refractivity (Wildman–Crippen MR) is 47.9 cm³/mol. The van der Waals surface area contributed by atoms with Gasteiger partial charge in [-0.05, 0) is 31.9 Å². The van der Waals surface area contributed by atoms with E-state index in [9.17, 15) is 0 Å². The molecule has 1 aliphatic rings. The largest absolute Gasteiger partial charge is 0.309 e. The summed E-state index contributed by atoms with van der Waals surface area (Å²) < 4.78 is 1.89. The monoisotopic (exact) mass is 165 g/mol. The van der Waals surface area contributed by atoms with Crippen LogP contribution >= 0.6 is 0 Å². The molecule has 1 N–H and O–H groups in total. The summed E-state index contributed by atoms with van der Waals surface area (Å²) in [7, 11) is 1.98. The Morgan fingerprint density at radius 1 is 1.67 bits per heavy atom. The summed E-state index contributed by atoms with van der Waals surface area (Å²) in [4.78, 5) is 0. The molecule has 3 heteroatoms. The second-order valence-corrected chi connectivity index (χ2v) is 3.52. The Labute approximate surface area is 72.8 Å². The van der Waals surface area contributed by atoms with Crippen LogP contribution in [0.2, 0.25) is 0 Å². The van der Waals surface area contributed by atoms with Gasteiger partial charge >= 0.3 is 0 Å². The zero-order valence-corrected chi connectivity index (χ0v) is 7.67. The van der Waals surface area contributed by atoms with E-state index in [1.165, 1.54) is 24.1 Å². The zero-order chi connectivity index (χ0) is 8.55. The van der Waals surface area contributed by atoms with E-state index in [1.54, 1.807) is 0 Å². The molecule has 1 fully saturated rings. The van der Waals surface area contributed by atoms with Crippen molar-refractivity contribution in [2.75, 3.05) is 6.54 Å². The minimum Gasteiger partial charge on any atom is -0.309 e. The van der Waals surface area contributed by atoms with Gasteiger partial charge in [0, 0.05) is 13.2 Å². The lowest BCUT2D eigenvalue weighted by Gasteiger charge is -2.06. The summed E-state index contributed by atoms with van der Waals surface area (Å²) in [5.74, 6) is 0. The van der Waals surface area contributed by atoms with Gasteiger partial charge in [0.25, 0.3) is 0 Å². The van der Waals surface area contributed by atoms with Crippen LogP contribution in [-0.2, 0) is 7.05 Å². The molecule has 0 bridgehead atoms. The van der Waals surface area contributed by atoms with Gasteiger partial charge in [-0.1, -0.05) is 0 Å². The number of hydrogen-bond donors (Lipinski definition) is 1. The van der Waals surface area contributed by atoms with E-state index in [1.807, 2.05) is 11.7 Å². The third kappa shape index (κ3) is 1.25. The van der Waals surface area contributed by atoms with Crippen LogP contribution in [0.4, 0.5) is 0 Å². The molecule has 0 saturated carbocycles. The first-order valence-electron chi connectivity index (χ1n) is 4.51. The van der Waals surface area contributed by atoms with Crippen molar-refractivity contribution < 1.29 is 0 Å². The Morgan fingerprint density at radius 2 is 2.50 bits per heavy atom. The smallest absolute Gasteiger partial charge is 0.0822 e. The van der Waals surface area contributed by atoms with Crippen LogP contribution in [0, 0.1) is 6.92 Å². The number of aromatic nitrogens is 2. The fraction of sp³-hybridized carbons (Fsp3) is 0.667. The normalized spacial score (nSPS) is 23.3.